The van der Waals surface area contributed by atoms with E-state index in [4.69, 9.17) is 4.74 Å². The number of ether oxygens (including phenoxy) is 1. The first-order valence-electron chi connectivity index (χ1n) is 5.67. The number of hydrogen-bond donors (Lipinski definition) is 1. The van der Waals surface area contributed by atoms with Gasteiger partial charge in [0.2, 0.25) is 0 Å². The lowest BCUT2D eigenvalue weighted by Gasteiger charge is -2.45. The maximum absolute atomic E-state index is 10.8. The third-order valence-corrected chi connectivity index (χ3v) is 3.86. The van der Waals surface area contributed by atoms with Gasteiger partial charge in [0.05, 0.1) is 12.7 Å². The van der Waals surface area contributed by atoms with E-state index < -0.39 is 0 Å². The molecule has 15 heavy (non-hydrogen) atoms. The van der Waals surface area contributed by atoms with Crippen molar-refractivity contribution >= 4 is 5.97 Å². The molecule has 88 valence electrons. The van der Waals surface area contributed by atoms with E-state index >= 15 is 0 Å². The fourth-order valence-corrected chi connectivity index (χ4v) is 2.56. The standard InChI is InChI=1S/C12H22O3/c1-8-5-6-11(14)12(3,4)10(8)7-15-9(2)13/h8,10-11,14H,5-7H2,1-4H3/t8?,10-,11+/m1/s1. The Kier molecular flexibility index (Phi) is 3.77. The van der Waals surface area contributed by atoms with Gasteiger partial charge in [-0.25, -0.2) is 0 Å². The predicted octanol–water partition coefficient (Wildman–Crippen LogP) is 1.98. The van der Waals surface area contributed by atoms with E-state index in [1.165, 1.54) is 6.92 Å². The van der Waals surface area contributed by atoms with Gasteiger partial charge in [-0.05, 0) is 24.2 Å². The zero-order valence-corrected chi connectivity index (χ0v) is 10.1. The summed E-state index contributed by atoms with van der Waals surface area (Å²) in [6.07, 6.45) is 1.58. The van der Waals surface area contributed by atoms with E-state index in [-0.39, 0.29) is 23.4 Å². The molecule has 0 aromatic carbocycles. The normalized spacial score (nSPS) is 34.9. The maximum atomic E-state index is 10.8. The molecule has 1 fully saturated rings. The highest BCUT2D eigenvalue weighted by atomic mass is 16.5. The molecule has 0 bridgehead atoms. The molecular weight excluding hydrogens is 192 g/mol. The third-order valence-electron chi connectivity index (χ3n) is 3.86. The number of aliphatic hydroxyl groups excluding tert-OH is 1. The van der Waals surface area contributed by atoms with Crippen molar-refractivity contribution in [3.8, 4) is 0 Å². The summed E-state index contributed by atoms with van der Waals surface area (Å²) < 4.78 is 5.09. The number of rotatable bonds is 2. The van der Waals surface area contributed by atoms with Gasteiger partial charge in [-0.2, -0.15) is 0 Å². The van der Waals surface area contributed by atoms with E-state index in [0.717, 1.165) is 12.8 Å². The van der Waals surface area contributed by atoms with Crippen molar-refractivity contribution in [2.24, 2.45) is 17.3 Å². The summed E-state index contributed by atoms with van der Waals surface area (Å²) in [6.45, 7) is 8.14. The summed E-state index contributed by atoms with van der Waals surface area (Å²) in [5, 5.41) is 9.95. The van der Waals surface area contributed by atoms with Gasteiger partial charge >= 0.3 is 5.97 Å². The van der Waals surface area contributed by atoms with E-state index in [0.29, 0.717) is 12.5 Å². The zero-order valence-electron chi connectivity index (χ0n) is 10.1. The Morgan fingerprint density at radius 1 is 1.47 bits per heavy atom. The fourth-order valence-electron chi connectivity index (χ4n) is 2.56. The van der Waals surface area contributed by atoms with Crippen LogP contribution in [0.1, 0.15) is 40.5 Å². The van der Waals surface area contributed by atoms with Crippen LogP contribution in [0.15, 0.2) is 0 Å². The van der Waals surface area contributed by atoms with E-state index in [1.54, 1.807) is 0 Å². The molecule has 3 nitrogen and oxygen atoms in total. The Morgan fingerprint density at radius 2 is 2.07 bits per heavy atom. The lowest BCUT2D eigenvalue weighted by Crippen LogP contribution is -2.46. The number of carbonyl (C=O) groups excluding carboxylic acids is 1. The Morgan fingerprint density at radius 3 is 2.60 bits per heavy atom. The second kappa shape index (κ2) is 4.52. The van der Waals surface area contributed by atoms with Crippen LogP contribution in [-0.2, 0) is 9.53 Å². The lowest BCUT2D eigenvalue weighted by atomic mass is 9.63. The molecule has 0 radical (unpaired) electrons. The van der Waals surface area contributed by atoms with Crippen LogP contribution in [0.2, 0.25) is 0 Å². The van der Waals surface area contributed by atoms with Crippen molar-refractivity contribution in [2.45, 2.75) is 46.6 Å². The fraction of sp³-hybridized carbons (Fsp3) is 0.917. The molecule has 1 rings (SSSR count). The molecule has 1 aliphatic carbocycles. The van der Waals surface area contributed by atoms with Crippen LogP contribution in [0.5, 0.6) is 0 Å². The molecule has 1 aliphatic rings. The van der Waals surface area contributed by atoms with Gasteiger partial charge in [-0.3, -0.25) is 4.79 Å². The molecule has 1 N–H and O–H groups in total. The molecule has 1 unspecified atom stereocenters. The van der Waals surface area contributed by atoms with Crippen LogP contribution in [-0.4, -0.2) is 23.8 Å². The molecule has 0 aromatic rings. The van der Waals surface area contributed by atoms with E-state index in [2.05, 4.69) is 20.8 Å². The van der Waals surface area contributed by atoms with Crippen LogP contribution in [0.25, 0.3) is 0 Å². The van der Waals surface area contributed by atoms with Crippen molar-refractivity contribution in [1.29, 1.82) is 0 Å². The van der Waals surface area contributed by atoms with Crippen LogP contribution in [0, 0.1) is 17.3 Å². The first-order chi connectivity index (χ1) is 6.85. The highest BCUT2D eigenvalue weighted by Crippen LogP contribution is 2.44. The van der Waals surface area contributed by atoms with Crippen LogP contribution in [0.3, 0.4) is 0 Å². The minimum absolute atomic E-state index is 0.160. The van der Waals surface area contributed by atoms with Crippen molar-refractivity contribution < 1.29 is 14.6 Å². The van der Waals surface area contributed by atoms with Crippen molar-refractivity contribution in [3.63, 3.8) is 0 Å². The predicted molar refractivity (Wildman–Crippen MR) is 58.3 cm³/mol. The minimum Gasteiger partial charge on any atom is -0.466 e. The monoisotopic (exact) mass is 214 g/mol. The van der Waals surface area contributed by atoms with Gasteiger partial charge in [0.25, 0.3) is 0 Å². The van der Waals surface area contributed by atoms with E-state index in [9.17, 15) is 9.90 Å². The first-order valence-corrected chi connectivity index (χ1v) is 5.67. The molecular formula is C12H22O3. The van der Waals surface area contributed by atoms with Gasteiger partial charge in [-0.1, -0.05) is 20.8 Å². The average Bonchev–Trinajstić information content (AvgIpc) is 2.11. The molecule has 3 atom stereocenters. The van der Waals surface area contributed by atoms with Crippen LogP contribution < -0.4 is 0 Å². The Bertz CT molecular complexity index is 235. The van der Waals surface area contributed by atoms with Crippen molar-refractivity contribution in [3.05, 3.63) is 0 Å². The lowest BCUT2D eigenvalue weighted by molar-refractivity contribution is -0.148. The van der Waals surface area contributed by atoms with Crippen molar-refractivity contribution in [1.82, 2.24) is 0 Å². The van der Waals surface area contributed by atoms with Crippen molar-refractivity contribution in [2.75, 3.05) is 6.61 Å². The molecule has 0 saturated heterocycles. The van der Waals surface area contributed by atoms with Crippen LogP contribution in [0.4, 0.5) is 0 Å². The molecule has 0 spiro atoms. The molecule has 3 heteroatoms. The largest absolute Gasteiger partial charge is 0.466 e. The Hall–Kier alpha value is -0.570. The third kappa shape index (κ3) is 2.71. The number of hydrogen-bond acceptors (Lipinski definition) is 3. The Labute approximate surface area is 91.8 Å². The average molecular weight is 214 g/mol. The van der Waals surface area contributed by atoms with E-state index in [1.807, 2.05) is 0 Å². The summed E-state index contributed by atoms with van der Waals surface area (Å²) in [7, 11) is 0. The second-order valence-electron chi connectivity index (χ2n) is 5.30. The highest BCUT2D eigenvalue weighted by Gasteiger charge is 2.43. The quantitative estimate of drug-likeness (QED) is 0.715. The second-order valence-corrected chi connectivity index (χ2v) is 5.30. The molecule has 0 aliphatic heterocycles. The SMILES string of the molecule is CC(=O)OC[C@@H]1C(C)CC[C@H](O)C1(C)C. The van der Waals surface area contributed by atoms with Crippen LogP contribution >= 0.6 is 0 Å². The topological polar surface area (TPSA) is 46.5 Å². The van der Waals surface area contributed by atoms with Gasteiger partial charge in [-0.15, -0.1) is 0 Å². The zero-order chi connectivity index (χ0) is 11.6. The number of esters is 1. The summed E-state index contributed by atoms with van der Waals surface area (Å²) in [5.41, 5.74) is -0.160. The maximum Gasteiger partial charge on any atom is 0.302 e. The number of aliphatic hydroxyl groups is 1. The Balaban J connectivity index is 2.67. The van der Waals surface area contributed by atoms with Gasteiger partial charge in [0, 0.05) is 12.8 Å². The summed E-state index contributed by atoms with van der Waals surface area (Å²) in [6, 6.07) is 0. The molecule has 1 saturated carbocycles. The molecule has 0 amide bonds. The van der Waals surface area contributed by atoms with Gasteiger partial charge < -0.3 is 9.84 Å². The summed E-state index contributed by atoms with van der Waals surface area (Å²) >= 11 is 0. The smallest absolute Gasteiger partial charge is 0.302 e. The first kappa shape index (κ1) is 12.5. The summed E-state index contributed by atoms with van der Waals surface area (Å²) in [5.74, 6) is 0.519. The molecule has 0 heterocycles. The minimum atomic E-state index is -0.283. The molecule has 0 aromatic heterocycles. The van der Waals surface area contributed by atoms with Gasteiger partial charge in [0.15, 0.2) is 0 Å². The van der Waals surface area contributed by atoms with Gasteiger partial charge in [0.1, 0.15) is 0 Å². The summed E-state index contributed by atoms with van der Waals surface area (Å²) in [4.78, 5) is 10.8. The highest BCUT2D eigenvalue weighted by molar-refractivity contribution is 5.65. The number of carbonyl (C=O) groups is 1.